The molecule has 1 aromatic carbocycles. The fraction of sp³-hybridized carbons (Fsp3) is 0.619. The summed E-state index contributed by atoms with van der Waals surface area (Å²) in [5.41, 5.74) is 7.49. The van der Waals surface area contributed by atoms with Crippen molar-refractivity contribution in [1.29, 1.82) is 0 Å². The molecular formula is C21H31ClN4O. The van der Waals surface area contributed by atoms with Gasteiger partial charge in [-0.15, -0.1) is 12.4 Å². The number of aromatic nitrogens is 3. The Morgan fingerprint density at radius 2 is 1.81 bits per heavy atom. The van der Waals surface area contributed by atoms with Crippen molar-refractivity contribution in [2.45, 2.75) is 69.4 Å². The van der Waals surface area contributed by atoms with E-state index in [4.69, 9.17) is 20.6 Å². The lowest BCUT2D eigenvalue weighted by Crippen LogP contribution is -2.27. The molecule has 2 aliphatic rings. The van der Waals surface area contributed by atoms with E-state index in [1.54, 1.807) is 0 Å². The Hall–Kier alpha value is -1.43. The van der Waals surface area contributed by atoms with Crippen LogP contribution in [0, 0.1) is 0 Å². The van der Waals surface area contributed by atoms with E-state index < -0.39 is 0 Å². The van der Waals surface area contributed by atoms with Crippen LogP contribution in [0.25, 0.3) is 0 Å². The van der Waals surface area contributed by atoms with Gasteiger partial charge in [-0.3, -0.25) is 0 Å². The zero-order valence-electron chi connectivity index (χ0n) is 15.9. The number of hydrogen-bond donors (Lipinski definition) is 1. The summed E-state index contributed by atoms with van der Waals surface area (Å²) >= 11 is 0. The first kappa shape index (κ1) is 20.3. The predicted octanol–water partition coefficient (Wildman–Crippen LogP) is 3.82. The summed E-state index contributed by atoms with van der Waals surface area (Å²) in [7, 11) is 0. The lowest BCUT2D eigenvalue weighted by Gasteiger charge is -2.26. The number of halogens is 1. The predicted molar refractivity (Wildman–Crippen MR) is 109 cm³/mol. The van der Waals surface area contributed by atoms with Crippen LogP contribution in [0.4, 0.5) is 0 Å². The van der Waals surface area contributed by atoms with E-state index >= 15 is 0 Å². The molecule has 27 heavy (non-hydrogen) atoms. The number of aryl methyl sites for hydroxylation is 2. The summed E-state index contributed by atoms with van der Waals surface area (Å²) < 4.78 is 7.81. The average Bonchev–Trinajstić information content (AvgIpc) is 3.33. The smallest absolute Gasteiger partial charge is 0.150 e. The van der Waals surface area contributed by atoms with Gasteiger partial charge in [0.1, 0.15) is 5.82 Å². The van der Waals surface area contributed by atoms with Crippen molar-refractivity contribution in [2.75, 3.05) is 13.2 Å². The van der Waals surface area contributed by atoms with E-state index in [0.29, 0.717) is 18.0 Å². The van der Waals surface area contributed by atoms with Crippen molar-refractivity contribution >= 4 is 12.4 Å². The van der Waals surface area contributed by atoms with Gasteiger partial charge in [0.05, 0.1) is 12.6 Å². The van der Waals surface area contributed by atoms with Crippen LogP contribution in [0.3, 0.4) is 0 Å². The maximum absolute atomic E-state index is 6.10. The number of nitrogens with two attached hydrogens (primary N) is 1. The minimum atomic E-state index is 0. The van der Waals surface area contributed by atoms with Gasteiger partial charge in [0.2, 0.25) is 0 Å². The third-order valence-electron chi connectivity index (χ3n) is 5.80. The van der Waals surface area contributed by atoms with Crippen LogP contribution in [-0.2, 0) is 17.6 Å². The number of benzene rings is 1. The fourth-order valence-electron chi connectivity index (χ4n) is 4.22. The fourth-order valence-corrected chi connectivity index (χ4v) is 4.22. The molecule has 2 N–H and O–H groups in total. The highest BCUT2D eigenvalue weighted by Gasteiger charge is 2.29. The molecule has 4 rings (SSSR count). The topological polar surface area (TPSA) is 66.0 Å². The van der Waals surface area contributed by atoms with Crippen LogP contribution in [0.15, 0.2) is 30.3 Å². The average molecular weight is 391 g/mol. The Balaban J connectivity index is 0.00000210. The van der Waals surface area contributed by atoms with Gasteiger partial charge < -0.3 is 10.5 Å². The first-order chi connectivity index (χ1) is 12.8. The Morgan fingerprint density at radius 1 is 1.04 bits per heavy atom. The molecule has 2 heterocycles. The lowest BCUT2D eigenvalue weighted by atomic mass is 9.86. The van der Waals surface area contributed by atoms with Crippen LogP contribution in [-0.4, -0.2) is 34.0 Å². The normalized spacial score (nSPS) is 25.3. The van der Waals surface area contributed by atoms with Gasteiger partial charge in [-0.1, -0.05) is 30.3 Å². The second-order valence-electron chi connectivity index (χ2n) is 7.80. The largest absolute Gasteiger partial charge is 0.379 e. The highest BCUT2D eigenvalue weighted by Crippen LogP contribution is 2.33. The zero-order valence-corrected chi connectivity index (χ0v) is 16.7. The van der Waals surface area contributed by atoms with Crippen LogP contribution in [0.5, 0.6) is 0 Å². The van der Waals surface area contributed by atoms with E-state index in [9.17, 15) is 0 Å². The minimum Gasteiger partial charge on any atom is -0.379 e. The molecule has 6 heteroatoms. The van der Waals surface area contributed by atoms with Crippen LogP contribution in [0.2, 0.25) is 0 Å². The van der Waals surface area contributed by atoms with Crippen molar-refractivity contribution in [2.24, 2.45) is 5.73 Å². The molecule has 5 nitrogen and oxygen atoms in total. The molecule has 1 unspecified atom stereocenters. The van der Waals surface area contributed by atoms with Crippen molar-refractivity contribution < 1.29 is 4.74 Å². The monoisotopic (exact) mass is 390 g/mol. The third kappa shape index (κ3) is 5.09. The molecule has 1 saturated carbocycles. The number of nitrogens with zero attached hydrogens (tertiary/aromatic N) is 3. The Bertz CT molecular complexity index is 691. The molecule has 0 amide bonds. The van der Waals surface area contributed by atoms with Crippen molar-refractivity contribution in [3.8, 4) is 0 Å². The summed E-state index contributed by atoms with van der Waals surface area (Å²) in [6.07, 6.45) is 8.62. The van der Waals surface area contributed by atoms with Crippen LogP contribution in [0.1, 0.15) is 67.7 Å². The lowest BCUT2D eigenvalue weighted by molar-refractivity contribution is 0.183. The second-order valence-corrected chi connectivity index (χ2v) is 7.80. The molecule has 1 atom stereocenters. The highest BCUT2D eigenvalue weighted by atomic mass is 35.5. The molecule has 148 valence electrons. The van der Waals surface area contributed by atoms with Gasteiger partial charge in [0.25, 0.3) is 0 Å². The molecule has 1 aliphatic heterocycles. The summed E-state index contributed by atoms with van der Waals surface area (Å²) in [4.78, 5) is 4.99. The Labute approximate surface area is 168 Å². The molecule has 0 bridgehead atoms. The van der Waals surface area contributed by atoms with Gasteiger partial charge >= 0.3 is 0 Å². The summed E-state index contributed by atoms with van der Waals surface area (Å²) in [5.74, 6) is 2.69. The zero-order chi connectivity index (χ0) is 17.8. The molecular weight excluding hydrogens is 360 g/mol. The molecule has 1 aromatic heterocycles. The third-order valence-corrected chi connectivity index (χ3v) is 5.80. The highest BCUT2D eigenvalue weighted by molar-refractivity contribution is 5.85. The van der Waals surface area contributed by atoms with Gasteiger partial charge in [-0.25, -0.2) is 9.67 Å². The van der Waals surface area contributed by atoms with Gasteiger partial charge in [-0.2, -0.15) is 5.10 Å². The summed E-state index contributed by atoms with van der Waals surface area (Å²) in [5, 5.41) is 4.91. The van der Waals surface area contributed by atoms with E-state index in [-0.39, 0.29) is 12.4 Å². The first-order valence-corrected chi connectivity index (χ1v) is 10.1. The molecule has 0 radical (unpaired) electrons. The van der Waals surface area contributed by atoms with E-state index in [1.807, 2.05) is 0 Å². The van der Waals surface area contributed by atoms with Crippen molar-refractivity contribution in [3.63, 3.8) is 0 Å². The molecule has 2 fully saturated rings. The van der Waals surface area contributed by atoms with Crippen molar-refractivity contribution in [1.82, 2.24) is 14.8 Å². The maximum Gasteiger partial charge on any atom is 0.150 e. The second kappa shape index (κ2) is 9.67. The van der Waals surface area contributed by atoms with E-state index in [2.05, 4.69) is 35.0 Å². The number of rotatable bonds is 6. The van der Waals surface area contributed by atoms with Crippen molar-refractivity contribution in [3.05, 3.63) is 47.5 Å². The Morgan fingerprint density at radius 3 is 2.52 bits per heavy atom. The quantitative estimate of drug-likeness (QED) is 0.814. The molecule has 2 aromatic rings. The molecule has 1 saturated heterocycles. The minimum absolute atomic E-state index is 0. The number of hydrogen-bond acceptors (Lipinski definition) is 4. The molecule has 0 spiro atoms. The SMILES string of the molecule is Cl.NC1CCC(c2nc(CCCc3ccccc3)nn2C2CCOC2)CC1. The number of ether oxygens (including phenoxy) is 1. The van der Waals surface area contributed by atoms with E-state index in [1.165, 1.54) is 11.4 Å². The van der Waals surface area contributed by atoms with Crippen LogP contribution < -0.4 is 5.73 Å². The maximum atomic E-state index is 6.10. The van der Waals surface area contributed by atoms with Crippen LogP contribution >= 0.6 is 12.4 Å². The first-order valence-electron chi connectivity index (χ1n) is 10.1. The summed E-state index contributed by atoms with van der Waals surface area (Å²) in [6, 6.07) is 11.4. The summed E-state index contributed by atoms with van der Waals surface area (Å²) in [6.45, 7) is 1.61. The molecule has 1 aliphatic carbocycles. The van der Waals surface area contributed by atoms with E-state index in [0.717, 1.165) is 70.4 Å². The van der Waals surface area contributed by atoms with Gasteiger partial charge in [0.15, 0.2) is 5.82 Å². The van der Waals surface area contributed by atoms with Gasteiger partial charge in [-0.05, 0) is 50.5 Å². The standard InChI is InChI=1S/C21H30N4O.ClH/c22-18-11-9-17(10-12-18)21-23-20(24-25(21)19-13-14-26-15-19)8-4-7-16-5-2-1-3-6-16;/h1-3,5-6,17-19H,4,7-15,22H2;1H. The Kier molecular flexibility index (Phi) is 7.27. The van der Waals surface area contributed by atoms with Gasteiger partial charge in [0, 0.05) is 25.0 Å².